The number of hydrogen-bond acceptors (Lipinski definition) is 6. The van der Waals surface area contributed by atoms with Crippen LogP contribution in [-0.4, -0.2) is 38.5 Å². The molecule has 0 saturated carbocycles. The molecule has 20 heavy (non-hydrogen) atoms. The standard InChI is InChI=1S/C12H18N2O5S/c1-9(8-20(3,17)18)13-7-10-4-5-12(19-2)11(6-10)14(15)16/h4-6,9,13H,7-8H2,1-3H3. The average Bonchev–Trinajstić information content (AvgIpc) is 2.33. The number of benzene rings is 1. The van der Waals surface area contributed by atoms with E-state index in [1.165, 1.54) is 25.5 Å². The Morgan fingerprint density at radius 3 is 2.60 bits per heavy atom. The molecule has 1 unspecified atom stereocenters. The van der Waals surface area contributed by atoms with Crippen molar-refractivity contribution in [3.05, 3.63) is 33.9 Å². The third-order valence-electron chi connectivity index (χ3n) is 2.65. The molecule has 0 fully saturated rings. The first kappa shape index (κ1) is 16.4. The molecule has 1 N–H and O–H groups in total. The molecular formula is C12H18N2O5S. The molecule has 1 atom stereocenters. The molecule has 0 saturated heterocycles. The molecule has 0 aliphatic rings. The van der Waals surface area contributed by atoms with Gasteiger partial charge in [0.2, 0.25) is 0 Å². The van der Waals surface area contributed by atoms with Crippen molar-refractivity contribution in [3.8, 4) is 5.75 Å². The Bertz CT molecular complexity index is 586. The summed E-state index contributed by atoms with van der Waals surface area (Å²) in [6.45, 7) is 2.10. The van der Waals surface area contributed by atoms with Crippen molar-refractivity contribution in [2.45, 2.75) is 19.5 Å². The van der Waals surface area contributed by atoms with E-state index in [9.17, 15) is 18.5 Å². The first-order chi connectivity index (χ1) is 9.23. The second-order valence-electron chi connectivity index (χ2n) is 4.64. The number of nitrogens with zero attached hydrogens (tertiary/aromatic N) is 1. The van der Waals surface area contributed by atoms with Gasteiger partial charge in [0.1, 0.15) is 9.84 Å². The maximum atomic E-state index is 11.1. The highest BCUT2D eigenvalue weighted by atomic mass is 32.2. The summed E-state index contributed by atoms with van der Waals surface area (Å²) in [5, 5.41) is 13.9. The highest BCUT2D eigenvalue weighted by Crippen LogP contribution is 2.27. The lowest BCUT2D eigenvalue weighted by atomic mass is 10.2. The van der Waals surface area contributed by atoms with Crippen LogP contribution >= 0.6 is 0 Å². The average molecular weight is 302 g/mol. The third-order valence-corrected chi connectivity index (χ3v) is 3.75. The van der Waals surface area contributed by atoms with Gasteiger partial charge in [-0.2, -0.15) is 0 Å². The maximum absolute atomic E-state index is 11.1. The molecule has 1 aromatic rings. The summed E-state index contributed by atoms with van der Waals surface area (Å²) < 4.78 is 27.2. The van der Waals surface area contributed by atoms with Crippen molar-refractivity contribution >= 4 is 15.5 Å². The topological polar surface area (TPSA) is 98.5 Å². The number of hydrogen-bond donors (Lipinski definition) is 1. The van der Waals surface area contributed by atoms with Crippen molar-refractivity contribution in [1.82, 2.24) is 5.32 Å². The molecule has 0 amide bonds. The number of rotatable bonds is 7. The first-order valence-electron chi connectivity index (χ1n) is 5.95. The molecule has 0 spiro atoms. The third kappa shape index (κ3) is 5.14. The van der Waals surface area contributed by atoms with Crippen LogP contribution in [0.4, 0.5) is 5.69 Å². The molecule has 7 nitrogen and oxygen atoms in total. The second-order valence-corrected chi connectivity index (χ2v) is 6.82. The summed E-state index contributed by atoms with van der Waals surface area (Å²) in [6, 6.07) is 4.41. The SMILES string of the molecule is COc1ccc(CNC(C)CS(C)(=O)=O)cc1[N+](=O)[O-]. The fourth-order valence-corrected chi connectivity index (χ4v) is 2.82. The number of methoxy groups -OCH3 is 1. The molecule has 0 aromatic heterocycles. The van der Waals surface area contributed by atoms with Crippen LogP contribution in [0.15, 0.2) is 18.2 Å². The molecule has 1 aromatic carbocycles. The zero-order valence-corrected chi connectivity index (χ0v) is 12.4. The minimum atomic E-state index is -3.05. The van der Waals surface area contributed by atoms with E-state index in [2.05, 4.69) is 5.32 Å². The summed E-state index contributed by atoms with van der Waals surface area (Å²) in [7, 11) is -1.68. The van der Waals surface area contributed by atoms with Crippen molar-refractivity contribution < 1.29 is 18.1 Å². The van der Waals surface area contributed by atoms with E-state index >= 15 is 0 Å². The van der Waals surface area contributed by atoms with E-state index in [4.69, 9.17) is 4.74 Å². The lowest BCUT2D eigenvalue weighted by molar-refractivity contribution is -0.385. The van der Waals surface area contributed by atoms with E-state index in [1.54, 1.807) is 13.0 Å². The predicted molar refractivity (Wildman–Crippen MR) is 75.7 cm³/mol. The van der Waals surface area contributed by atoms with E-state index < -0.39 is 14.8 Å². The van der Waals surface area contributed by atoms with Gasteiger partial charge in [-0.05, 0) is 18.6 Å². The van der Waals surface area contributed by atoms with Crippen molar-refractivity contribution in [2.75, 3.05) is 19.1 Å². The Morgan fingerprint density at radius 2 is 2.10 bits per heavy atom. The van der Waals surface area contributed by atoms with Crippen LogP contribution in [-0.2, 0) is 16.4 Å². The molecule has 0 radical (unpaired) electrons. The lowest BCUT2D eigenvalue weighted by Gasteiger charge is -2.13. The molecule has 0 aliphatic heterocycles. The van der Waals surface area contributed by atoms with E-state index in [1.807, 2.05) is 0 Å². The Labute approximate surface area is 118 Å². The van der Waals surface area contributed by atoms with Gasteiger partial charge in [0.25, 0.3) is 0 Å². The van der Waals surface area contributed by atoms with Gasteiger partial charge in [0.15, 0.2) is 5.75 Å². The van der Waals surface area contributed by atoms with Gasteiger partial charge in [-0.25, -0.2) is 8.42 Å². The number of nitrogens with one attached hydrogen (secondary N) is 1. The van der Waals surface area contributed by atoms with Gasteiger partial charge >= 0.3 is 5.69 Å². The van der Waals surface area contributed by atoms with Crippen LogP contribution in [0.1, 0.15) is 12.5 Å². The second kappa shape index (κ2) is 6.67. The molecule has 112 valence electrons. The van der Waals surface area contributed by atoms with Gasteiger partial charge in [-0.15, -0.1) is 0 Å². The van der Waals surface area contributed by atoms with Crippen molar-refractivity contribution in [3.63, 3.8) is 0 Å². The van der Waals surface area contributed by atoms with Crippen LogP contribution in [0, 0.1) is 10.1 Å². The Balaban J connectivity index is 2.74. The minimum absolute atomic E-state index is 0.0191. The Hall–Kier alpha value is -1.67. The van der Waals surface area contributed by atoms with Crippen LogP contribution in [0.3, 0.4) is 0 Å². The van der Waals surface area contributed by atoms with Gasteiger partial charge in [0.05, 0.1) is 17.8 Å². The maximum Gasteiger partial charge on any atom is 0.311 e. The van der Waals surface area contributed by atoms with Crippen LogP contribution < -0.4 is 10.1 Å². The predicted octanol–water partition coefficient (Wildman–Crippen LogP) is 1.13. The zero-order chi connectivity index (χ0) is 15.3. The highest BCUT2D eigenvalue weighted by molar-refractivity contribution is 7.90. The smallest absolute Gasteiger partial charge is 0.311 e. The molecular weight excluding hydrogens is 284 g/mol. The largest absolute Gasteiger partial charge is 0.490 e. The summed E-state index contributed by atoms with van der Waals surface area (Å²) in [4.78, 5) is 10.4. The highest BCUT2D eigenvalue weighted by Gasteiger charge is 2.16. The number of nitro benzene ring substituents is 1. The summed E-state index contributed by atoms with van der Waals surface area (Å²) >= 11 is 0. The normalized spacial score (nSPS) is 12.9. The van der Waals surface area contributed by atoms with Crippen molar-refractivity contribution in [1.29, 1.82) is 0 Å². The molecule has 0 heterocycles. The fourth-order valence-electron chi connectivity index (χ4n) is 1.79. The summed E-state index contributed by atoms with van der Waals surface area (Å²) in [5.41, 5.74) is 0.584. The van der Waals surface area contributed by atoms with Crippen LogP contribution in [0.2, 0.25) is 0 Å². The monoisotopic (exact) mass is 302 g/mol. The van der Waals surface area contributed by atoms with Gasteiger partial charge in [-0.1, -0.05) is 6.07 Å². The first-order valence-corrected chi connectivity index (χ1v) is 8.01. The number of nitro groups is 1. The fraction of sp³-hybridized carbons (Fsp3) is 0.500. The lowest BCUT2D eigenvalue weighted by Crippen LogP contribution is -2.32. The quantitative estimate of drug-likeness (QED) is 0.599. The zero-order valence-electron chi connectivity index (χ0n) is 11.6. The summed E-state index contributed by atoms with van der Waals surface area (Å²) in [5.74, 6) is 0.216. The van der Waals surface area contributed by atoms with E-state index in [-0.39, 0.29) is 23.2 Å². The van der Waals surface area contributed by atoms with Gasteiger partial charge in [0, 0.05) is 24.9 Å². The molecule has 0 bridgehead atoms. The van der Waals surface area contributed by atoms with Crippen LogP contribution in [0.5, 0.6) is 5.75 Å². The Morgan fingerprint density at radius 1 is 1.45 bits per heavy atom. The number of sulfone groups is 1. The molecule has 8 heteroatoms. The minimum Gasteiger partial charge on any atom is -0.490 e. The molecule has 0 aliphatic carbocycles. The number of ether oxygens (including phenoxy) is 1. The van der Waals surface area contributed by atoms with Crippen molar-refractivity contribution in [2.24, 2.45) is 0 Å². The van der Waals surface area contributed by atoms with Crippen LogP contribution in [0.25, 0.3) is 0 Å². The van der Waals surface area contributed by atoms with Gasteiger partial charge < -0.3 is 10.1 Å². The van der Waals surface area contributed by atoms with E-state index in [0.717, 1.165) is 0 Å². The Kier molecular flexibility index (Phi) is 5.46. The van der Waals surface area contributed by atoms with E-state index in [0.29, 0.717) is 12.1 Å². The summed E-state index contributed by atoms with van der Waals surface area (Å²) in [6.07, 6.45) is 1.17. The molecule has 1 rings (SSSR count). The van der Waals surface area contributed by atoms with Gasteiger partial charge in [-0.3, -0.25) is 10.1 Å².